The summed E-state index contributed by atoms with van der Waals surface area (Å²) in [6, 6.07) is 1.49. The number of aromatic nitrogens is 1. The molecule has 0 spiro atoms. The second-order valence-electron chi connectivity index (χ2n) is 2.30. The number of hydrogen-bond acceptors (Lipinski definition) is 0. The van der Waals surface area contributed by atoms with Gasteiger partial charge in [0.15, 0.2) is 0 Å². The van der Waals surface area contributed by atoms with Crippen LogP contribution in [0, 0.1) is 0 Å². The van der Waals surface area contributed by atoms with Crippen molar-refractivity contribution in [3.05, 3.63) is 23.5 Å². The first-order valence-electron chi connectivity index (χ1n) is 3.04. The van der Waals surface area contributed by atoms with E-state index in [-0.39, 0.29) is 0 Å². The molecule has 0 amide bonds. The largest absolute Gasteiger partial charge is 0.361 e. The molecule has 0 atom stereocenters. The molecule has 0 aliphatic rings. The fourth-order valence-corrected chi connectivity index (χ4v) is 1.38. The standard InChI is InChI=1S/C6H3Cl6N/c7-5(8,9)3-1-4(13-2-3)6(10,11)12/h1-2,13H. The van der Waals surface area contributed by atoms with E-state index in [2.05, 4.69) is 4.98 Å². The van der Waals surface area contributed by atoms with E-state index >= 15 is 0 Å². The summed E-state index contributed by atoms with van der Waals surface area (Å²) in [7, 11) is 0. The maximum absolute atomic E-state index is 5.60. The van der Waals surface area contributed by atoms with Gasteiger partial charge in [-0.05, 0) is 6.07 Å². The van der Waals surface area contributed by atoms with E-state index in [1.54, 1.807) is 0 Å². The Hall–Kier alpha value is 1.02. The van der Waals surface area contributed by atoms with E-state index in [0.717, 1.165) is 0 Å². The van der Waals surface area contributed by atoms with Crippen LogP contribution >= 0.6 is 69.6 Å². The molecule has 1 aromatic rings. The molecule has 1 nitrogen and oxygen atoms in total. The van der Waals surface area contributed by atoms with E-state index in [4.69, 9.17) is 69.6 Å². The monoisotopic (exact) mass is 299 g/mol. The highest BCUT2D eigenvalue weighted by atomic mass is 35.6. The molecule has 0 radical (unpaired) electrons. The van der Waals surface area contributed by atoms with E-state index in [0.29, 0.717) is 11.3 Å². The van der Waals surface area contributed by atoms with Crippen LogP contribution in [-0.4, -0.2) is 4.98 Å². The van der Waals surface area contributed by atoms with Gasteiger partial charge >= 0.3 is 0 Å². The SMILES string of the molecule is ClC(Cl)(Cl)c1c[nH]c(C(Cl)(Cl)Cl)c1. The van der Waals surface area contributed by atoms with Crippen molar-refractivity contribution >= 4 is 69.6 Å². The average molecular weight is 302 g/mol. The molecule has 0 aromatic carbocycles. The molecular formula is C6H3Cl6N. The molecular weight excluding hydrogens is 299 g/mol. The Bertz CT molecular complexity index is 264. The highest BCUT2D eigenvalue weighted by Gasteiger charge is 2.29. The molecule has 1 rings (SSSR count). The topological polar surface area (TPSA) is 15.8 Å². The normalized spacial score (nSPS) is 13.4. The molecule has 74 valence electrons. The Morgan fingerprint density at radius 3 is 1.69 bits per heavy atom. The summed E-state index contributed by atoms with van der Waals surface area (Å²) in [6.07, 6.45) is 1.48. The highest BCUT2D eigenvalue weighted by molar-refractivity contribution is 6.67. The highest BCUT2D eigenvalue weighted by Crippen LogP contribution is 2.43. The van der Waals surface area contributed by atoms with Crippen LogP contribution < -0.4 is 0 Å². The molecule has 1 N–H and O–H groups in total. The van der Waals surface area contributed by atoms with Crippen LogP contribution in [0.3, 0.4) is 0 Å². The maximum Gasteiger partial charge on any atom is 0.230 e. The van der Waals surface area contributed by atoms with Gasteiger partial charge < -0.3 is 4.98 Å². The maximum atomic E-state index is 5.60. The number of nitrogens with one attached hydrogen (secondary N) is 1. The van der Waals surface area contributed by atoms with Crippen molar-refractivity contribution in [3.63, 3.8) is 0 Å². The fraction of sp³-hybridized carbons (Fsp3) is 0.333. The lowest BCUT2D eigenvalue weighted by atomic mass is 10.3. The van der Waals surface area contributed by atoms with Gasteiger partial charge in [-0.3, -0.25) is 0 Å². The summed E-state index contributed by atoms with van der Waals surface area (Å²) in [6.45, 7) is 0. The summed E-state index contributed by atoms with van der Waals surface area (Å²) in [5.41, 5.74) is 0.789. The van der Waals surface area contributed by atoms with Crippen molar-refractivity contribution in [1.82, 2.24) is 4.98 Å². The van der Waals surface area contributed by atoms with Crippen LogP contribution in [-0.2, 0) is 7.59 Å². The Balaban J connectivity index is 3.01. The van der Waals surface area contributed by atoms with Crippen molar-refractivity contribution in [1.29, 1.82) is 0 Å². The van der Waals surface area contributed by atoms with Crippen molar-refractivity contribution in [3.8, 4) is 0 Å². The van der Waals surface area contributed by atoms with Crippen LogP contribution in [0.2, 0.25) is 0 Å². The average Bonchev–Trinajstić information content (AvgIpc) is 2.28. The smallest absolute Gasteiger partial charge is 0.230 e. The Kier molecular flexibility index (Phi) is 3.61. The van der Waals surface area contributed by atoms with E-state index in [1.807, 2.05) is 0 Å². The summed E-state index contributed by atoms with van der Waals surface area (Å²) in [4.78, 5) is 2.70. The number of H-pyrrole nitrogens is 1. The zero-order valence-corrected chi connectivity index (χ0v) is 10.5. The van der Waals surface area contributed by atoms with Gasteiger partial charge in [-0.15, -0.1) is 0 Å². The Morgan fingerprint density at radius 2 is 1.46 bits per heavy atom. The first-order valence-corrected chi connectivity index (χ1v) is 5.31. The van der Waals surface area contributed by atoms with Crippen LogP contribution in [0.15, 0.2) is 12.3 Å². The first kappa shape index (κ1) is 12.1. The summed E-state index contributed by atoms with van der Waals surface area (Å²) in [5.74, 6) is 0. The predicted molar refractivity (Wildman–Crippen MR) is 59.3 cm³/mol. The Morgan fingerprint density at radius 1 is 0.923 bits per heavy atom. The van der Waals surface area contributed by atoms with Gasteiger partial charge in [0, 0.05) is 11.8 Å². The minimum Gasteiger partial charge on any atom is -0.361 e. The third-order valence-electron chi connectivity index (χ3n) is 1.32. The fourth-order valence-electron chi connectivity index (χ4n) is 0.722. The second kappa shape index (κ2) is 3.88. The Labute approximate surface area is 105 Å². The molecule has 7 heteroatoms. The molecule has 0 saturated carbocycles. The molecule has 0 unspecified atom stereocenters. The summed E-state index contributed by atoms with van der Waals surface area (Å²) in [5, 5.41) is 0. The third kappa shape index (κ3) is 3.26. The number of halogens is 6. The number of hydrogen-bond donors (Lipinski definition) is 1. The molecule has 1 heterocycles. The van der Waals surface area contributed by atoms with Crippen LogP contribution in [0.25, 0.3) is 0 Å². The van der Waals surface area contributed by atoms with Gasteiger partial charge in [0.2, 0.25) is 7.59 Å². The minimum absolute atomic E-state index is 0.360. The molecule has 0 aliphatic heterocycles. The lowest BCUT2D eigenvalue weighted by Gasteiger charge is -2.08. The molecule has 1 aromatic heterocycles. The van der Waals surface area contributed by atoms with Crippen LogP contribution in [0.4, 0.5) is 0 Å². The molecule has 0 saturated heterocycles. The van der Waals surface area contributed by atoms with Crippen LogP contribution in [0.1, 0.15) is 11.3 Å². The van der Waals surface area contributed by atoms with Gasteiger partial charge in [-0.2, -0.15) is 0 Å². The first-order chi connectivity index (χ1) is 5.71. The van der Waals surface area contributed by atoms with Gasteiger partial charge in [0.25, 0.3) is 0 Å². The third-order valence-corrected chi connectivity index (χ3v) is 2.58. The van der Waals surface area contributed by atoms with E-state index in [1.165, 1.54) is 12.3 Å². The van der Waals surface area contributed by atoms with Crippen LogP contribution in [0.5, 0.6) is 0 Å². The molecule has 13 heavy (non-hydrogen) atoms. The lowest BCUT2D eigenvalue weighted by Crippen LogP contribution is -2.00. The summed E-state index contributed by atoms with van der Waals surface area (Å²) >= 11 is 33.6. The van der Waals surface area contributed by atoms with Crippen molar-refractivity contribution in [2.75, 3.05) is 0 Å². The van der Waals surface area contributed by atoms with Gasteiger partial charge in [0.1, 0.15) is 0 Å². The minimum atomic E-state index is -1.53. The quantitative estimate of drug-likeness (QED) is 0.670. The molecule has 0 fully saturated rings. The van der Waals surface area contributed by atoms with Gasteiger partial charge in [-0.25, -0.2) is 0 Å². The van der Waals surface area contributed by atoms with Gasteiger partial charge in [-0.1, -0.05) is 69.6 Å². The number of rotatable bonds is 0. The second-order valence-corrected chi connectivity index (χ2v) is 6.86. The van der Waals surface area contributed by atoms with Gasteiger partial charge in [0.05, 0.1) is 5.69 Å². The number of aromatic amines is 1. The lowest BCUT2D eigenvalue weighted by molar-refractivity contribution is 1.13. The van der Waals surface area contributed by atoms with E-state index < -0.39 is 7.59 Å². The molecule has 0 aliphatic carbocycles. The predicted octanol–water partition coefficient (Wildman–Crippen LogP) is 4.67. The van der Waals surface area contributed by atoms with Crippen molar-refractivity contribution < 1.29 is 0 Å². The zero-order chi connectivity index (χ0) is 10.3. The van der Waals surface area contributed by atoms with E-state index in [9.17, 15) is 0 Å². The van der Waals surface area contributed by atoms with Crippen molar-refractivity contribution in [2.24, 2.45) is 0 Å². The summed E-state index contributed by atoms with van der Waals surface area (Å²) < 4.78 is -3.04. The molecule has 0 bridgehead atoms. The van der Waals surface area contributed by atoms with Crippen molar-refractivity contribution in [2.45, 2.75) is 7.59 Å². The number of alkyl halides is 6. The zero-order valence-electron chi connectivity index (χ0n) is 5.92.